The van der Waals surface area contributed by atoms with Gasteiger partial charge in [0.25, 0.3) is 0 Å². The maximum atomic E-state index is 13.7. The summed E-state index contributed by atoms with van der Waals surface area (Å²) in [5, 5.41) is 4.34. The highest BCUT2D eigenvalue weighted by molar-refractivity contribution is 5.51. The quantitative estimate of drug-likeness (QED) is 0.844. The van der Waals surface area contributed by atoms with E-state index in [4.69, 9.17) is 5.73 Å². The van der Waals surface area contributed by atoms with Crippen molar-refractivity contribution in [3.63, 3.8) is 0 Å². The van der Waals surface area contributed by atoms with Crippen molar-refractivity contribution < 1.29 is 8.78 Å². The lowest BCUT2D eigenvalue weighted by Gasteiger charge is -2.08. The number of aryl methyl sites for hydroxylation is 1. The minimum Gasteiger partial charge on any atom is -0.383 e. The van der Waals surface area contributed by atoms with Crippen molar-refractivity contribution in [3.05, 3.63) is 41.1 Å². The molecule has 0 atom stereocenters. The van der Waals surface area contributed by atoms with E-state index in [1.54, 1.807) is 0 Å². The molecule has 0 saturated heterocycles. The van der Waals surface area contributed by atoms with Gasteiger partial charge in [0.1, 0.15) is 17.3 Å². The van der Waals surface area contributed by atoms with Crippen LogP contribution in [-0.2, 0) is 12.8 Å². The second-order valence-electron chi connectivity index (χ2n) is 4.53. The van der Waals surface area contributed by atoms with Gasteiger partial charge in [0.15, 0.2) is 5.82 Å². The number of rotatable bonds is 1. The van der Waals surface area contributed by atoms with E-state index in [0.29, 0.717) is 5.82 Å². The molecule has 0 unspecified atom stereocenters. The van der Waals surface area contributed by atoms with Crippen LogP contribution < -0.4 is 5.73 Å². The first-order valence-electron chi connectivity index (χ1n) is 5.98. The Morgan fingerprint density at radius 1 is 1.17 bits per heavy atom. The third kappa shape index (κ3) is 1.66. The monoisotopic (exact) mass is 249 g/mol. The lowest BCUT2D eigenvalue weighted by atomic mass is 9.98. The third-order valence-electron chi connectivity index (χ3n) is 3.33. The molecule has 0 saturated carbocycles. The van der Waals surface area contributed by atoms with Crippen LogP contribution in [0.25, 0.3) is 5.69 Å². The van der Waals surface area contributed by atoms with Gasteiger partial charge in [0.05, 0.1) is 5.69 Å². The van der Waals surface area contributed by atoms with Gasteiger partial charge in [-0.25, -0.2) is 13.5 Å². The zero-order chi connectivity index (χ0) is 12.7. The summed E-state index contributed by atoms with van der Waals surface area (Å²) in [5.41, 5.74) is 8.14. The zero-order valence-corrected chi connectivity index (χ0v) is 9.79. The fraction of sp³-hybridized carbons (Fsp3) is 0.308. The molecule has 1 heterocycles. The van der Waals surface area contributed by atoms with Crippen LogP contribution >= 0.6 is 0 Å². The molecule has 0 bridgehead atoms. The van der Waals surface area contributed by atoms with Gasteiger partial charge in [-0.05, 0) is 37.8 Å². The second-order valence-corrected chi connectivity index (χ2v) is 4.53. The summed E-state index contributed by atoms with van der Waals surface area (Å²) in [6.07, 6.45) is 3.91. The Morgan fingerprint density at radius 3 is 2.67 bits per heavy atom. The van der Waals surface area contributed by atoms with Crippen LogP contribution in [0.3, 0.4) is 0 Å². The average molecular weight is 249 g/mol. The number of hydrogen-bond donors (Lipinski definition) is 1. The molecule has 1 aliphatic carbocycles. The molecule has 0 amide bonds. The van der Waals surface area contributed by atoms with Gasteiger partial charge in [0.2, 0.25) is 0 Å². The van der Waals surface area contributed by atoms with Crippen LogP contribution in [0.2, 0.25) is 0 Å². The van der Waals surface area contributed by atoms with E-state index in [0.717, 1.165) is 43.0 Å². The van der Waals surface area contributed by atoms with Crippen LogP contribution in [0.5, 0.6) is 0 Å². The van der Waals surface area contributed by atoms with Crippen LogP contribution in [0.4, 0.5) is 14.6 Å². The maximum absolute atomic E-state index is 13.7. The zero-order valence-electron chi connectivity index (χ0n) is 9.79. The molecule has 1 aromatic heterocycles. The van der Waals surface area contributed by atoms with Gasteiger partial charge in [0, 0.05) is 11.6 Å². The maximum Gasteiger partial charge on any atom is 0.151 e. The molecule has 3 rings (SSSR count). The molecule has 2 N–H and O–H groups in total. The topological polar surface area (TPSA) is 43.8 Å². The Balaban J connectivity index is 2.14. The Morgan fingerprint density at radius 2 is 1.94 bits per heavy atom. The van der Waals surface area contributed by atoms with Crippen molar-refractivity contribution in [2.75, 3.05) is 5.73 Å². The van der Waals surface area contributed by atoms with Crippen LogP contribution in [0.1, 0.15) is 24.1 Å². The molecule has 0 aliphatic heterocycles. The predicted molar refractivity (Wildman–Crippen MR) is 64.5 cm³/mol. The fourth-order valence-electron chi connectivity index (χ4n) is 2.41. The summed E-state index contributed by atoms with van der Waals surface area (Å²) in [5.74, 6) is -0.788. The predicted octanol–water partition coefficient (Wildman–Crippen LogP) is 2.61. The first-order valence-corrected chi connectivity index (χ1v) is 5.98. The molecule has 0 spiro atoms. The van der Waals surface area contributed by atoms with Crippen molar-refractivity contribution in [2.45, 2.75) is 25.7 Å². The first kappa shape index (κ1) is 11.2. The number of benzene rings is 1. The highest BCUT2D eigenvalue weighted by Gasteiger charge is 2.20. The van der Waals surface area contributed by atoms with Crippen LogP contribution in [0.15, 0.2) is 18.2 Å². The molecule has 2 aromatic rings. The number of nitrogens with zero attached hydrogens (tertiary/aromatic N) is 2. The summed E-state index contributed by atoms with van der Waals surface area (Å²) < 4.78 is 28.0. The van der Waals surface area contributed by atoms with Crippen molar-refractivity contribution in [1.29, 1.82) is 0 Å². The number of nitrogens with two attached hydrogens (primary N) is 1. The van der Waals surface area contributed by atoms with E-state index in [9.17, 15) is 8.78 Å². The SMILES string of the molecule is Nc1c2c(nn1-c1ccc(F)cc1F)CCCC2. The minimum absolute atomic E-state index is 0.198. The van der Waals surface area contributed by atoms with E-state index in [-0.39, 0.29) is 5.69 Å². The number of halogens is 2. The Kier molecular flexibility index (Phi) is 2.54. The number of anilines is 1. The van der Waals surface area contributed by atoms with Crippen molar-refractivity contribution in [1.82, 2.24) is 9.78 Å². The third-order valence-corrected chi connectivity index (χ3v) is 3.33. The highest BCUT2D eigenvalue weighted by atomic mass is 19.1. The molecular formula is C13H13F2N3. The second kappa shape index (κ2) is 4.08. The standard InChI is InChI=1S/C13H13F2N3/c14-8-5-6-12(10(15)7-8)18-13(16)9-3-1-2-4-11(9)17-18/h5-7H,1-4,16H2. The van der Waals surface area contributed by atoms with Gasteiger partial charge >= 0.3 is 0 Å². The number of nitrogen functional groups attached to an aromatic ring is 1. The number of fused-ring (bicyclic) bond motifs is 1. The largest absolute Gasteiger partial charge is 0.383 e. The molecule has 0 radical (unpaired) electrons. The summed E-state index contributed by atoms with van der Waals surface area (Å²) in [7, 11) is 0. The molecule has 18 heavy (non-hydrogen) atoms. The molecule has 5 heteroatoms. The van der Waals surface area contributed by atoms with Gasteiger partial charge in [-0.1, -0.05) is 0 Å². The number of hydrogen-bond acceptors (Lipinski definition) is 2. The molecule has 1 aromatic carbocycles. The lowest BCUT2D eigenvalue weighted by molar-refractivity contribution is 0.573. The molecular weight excluding hydrogens is 236 g/mol. The van der Waals surface area contributed by atoms with Gasteiger partial charge < -0.3 is 5.73 Å². The fourth-order valence-corrected chi connectivity index (χ4v) is 2.41. The van der Waals surface area contributed by atoms with E-state index in [1.807, 2.05) is 0 Å². The van der Waals surface area contributed by atoms with Gasteiger partial charge in [-0.15, -0.1) is 0 Å². The number of aromatic nitrogens is 2. The van der Waals surface area contributed by atoms with E-state index in [2.05, 4.69) is 5.10 Å². The summed E-state index contributed by atoms with van der Waals surface area (Å²) >= 11 is 0. The first-order chi connectivity index (χ1) is 8.66. The molecule has 1 aliphatic rings. The van der Waals surface area contributed by atoms with Gasteiger partial charge in [-0.3, -0.25) is 0 Å². The molecule has 3 nitrogen and oxygen atoms in total. The lowest BCUT2D eigenvalue weighted by Crippen LogP contribution is -2.05. The molecule has 0 fully saturated rings. The smallest absolute Gasteiger partial charge is 0.151 e. The highest BCUT2D eigenvalue weighted by Crippen LogP contribution is 2.28. The Labute approximate surface area is 103 Å². The van der Waals surface area contributed by atoms with E-state index in [1.165, 1.54) is 16.8 Å². The van der Waals surface area contributed by atoms with Gasteiger partial charge in [-0.2, -0.15) is 5.10 Å². The summed E-state index contributed by atoms with van der Waals surface area (Å²) in [6.45, 7) is 0. The summed E-state index contributed by atoms with van der Waals surface area (Å²) in [6, 6.07) is 3.41. The van der Waals surface area contributed by atoms with E-state index >= 15 is 0 Å². The molecule has 94 valence electrons. The Bertz CT molecular complexity index is 605. The van der Waals surface area contributed by atoms with Crippen molar-refractivity contribution in [3.8, 4) is 5.69 Å². The normalized spacial score (nSPS) is 14.6. The Hall–Kier alpha value is -1.91. The average Bonchev–Trinajstić information content (AvgIpc) is 2.68. The van der Waals surface area contributed by atoms with Crippen LogP contribution in [0, 0.1) is 11.6 Å². The summed E-state index contributed by atoms with van der Waals surface area (Å²) in [4.78, 5) is 0. The van der Waals surface area contributed by atoms with Crippen LogP contribution in [-0.4, -0.2) is 9.78 Å². The van der Waals surface area contributed by atoms with Crippen molar-refractivity contribution >= 4 is 5.82 Å². The minimum atomic E-state index is -0.651. The van der Waals surface area contributed by atoms with E-state index < -0.39 is 11.6 Å². The van der Waals surface area contributed by atoms with Crippen molar-refractivity contribution in [2.24, 2.45) is 0 Å².